The lowest BCUT2D eigenvalue weighted by atomic mass is 9.75. The van der Waals surface area contributed by atoms with E-state index in [0.29, 0.717) is 11.9 Å². The Hall–Kier alpha value is -0.610. The van der Waals surface area contributed by atoms with Crippen molar-refractivity contribution >= 4 is 5.91 Å². The molecule has 1 amide bonds. The van der Waals surface area contributed by atoms with E-state index in [9.17, 15) is 4.79 Å². The van der Waals surface area contributed by atoms with Gasteiger partial charge in [0.05, 0.1) is 5.92 Å². The van der Waals surface area contributed by atoms with E-state index in [4.69, 9.17) is 0 Å². The molecule has 0 N–H and O–H groups in total. The van der Waals surface area contributed by atoms with Gasteiger partial charge >= 0.3 is 0 Å². The van der Waals surface area contributed by atoms with E-state index in [1.54, 1.807) is 0 Å². The Kier molecular flexibility index (Phi) is 6.37. The normalized spacial score (nSPS) is 32.0. The molecular weight excluding hydrogens is 346 g/mol. The first-order valence-electron chi connectivity index (χ1n) is 12.2. The molecule has 4 heteroatoms. The third kappa shape index (κ3) is 4.28. The molecule has 0 aromatic carbocycles. The second-order valence-corrected chi connectivity index (χ2v) is 10.9. The summed E-state index contributed by atoms with van der Waals surface area (Å²) in [5, 5.41) is 0. The molecule has 3 heterocycles. The summed E-state index contributed by atoms with van der Waals surface area (Å²) in [6.07, 6.45) is 8.23. The molecule has 0 aromatic rings. The molecule has 3 aliphatic heterocycles. The van der Waals surface area contributed by atoms with Crippen molar-refractivity contribution in [1.82, 2.24) is 14.7 Å². The van der Waals surface area contributed by atoms with Gasteiger partial charge in [-0.3, -0.25) is 14.6 Å². The molecule has 0 spiro atoms. The largest absolute Gasteiger partial charge is 0.342 e. The van der Waals surface area contributed by atoms with Crippen LogP contribution in [-0.4, -0.2) is 72.0 Å². The molecule has 160 valence electrons. The Morgan fingerprint density at radius 2 is 1.39 bits per heavy atom. The number of carbonyl (C=O) groups excluding carboxylic acids is 1. The van der Waals surface area contributed by atoms with Crippen LogP contribution >= 0.6 is 0 Å². The van der Waals surface area contributed by atoms with Crippen molar-refractivity contribution in [2.45, 2.75) is 78.3 Å². The van der Waals surface area contributed by atoms with Gasteiger partial charge in [-0.25, -0.2) is 0 Å². The molecule has 0 atom stereocenters. The molecule has 4 rings (SSSR count). The van der Waals surface area contributed by atoms with E-state index in [-0.39, 0.29) is 5.92 Å². The highest BCUT2D eigenvalue weighted by atomic mass is 16.2. The maximum absolute atomic E-state index is 12.7. The van der Waals surface area contributed by atoms with Gasteiger partial charge < -0.3 is 4.90 Å². The van der Waals surface area contributed by atoms with Crippen LogP contribution in [0.15, 0.2) is 0 Å². The van der Waals surface area contributed by atoms with Crippen molar-refractivity contribution in [2.24, 2.45) is 29.6 Å². The summed E-state index contributed by atoms with van der Waals surface area (Å²) < 4.78 is 0. The number of likely N-dealkylation sites (tertiary alicyclic amines) is 3. The maximum atomic E-state index is 12.7. The van der Waals surface area contributed by atoms with Crippen LogP contribution in [0.2, 0.25) is 0 Å². The van der Waals surface area contributed by atoms with Crippen molar-refractivity contribution in [3.05, 3.63) is 0 Å². The first-order valence-corrected chi connectivity index (χ1v) is 12.2. The number of carbonyl (C=O) groups is 1. The molecule has 0 radical (unpaired) electrons. The molecule has 28 heavy (non-hydrogen) atoms. The van der Waals surface area contributed by atoms with Crippen LogP contribution in [-0.2, 0) is 4.79 Å². The fourth-order valence-electron chi connectivity index (χ4n) is 6.22. The van der Waals surface area contributed by atoms with Gasteiger partial charge in [0.1, 0.15) is 0 Å². The van der Waals surface area contributed by atoms with Crippen molar-refractivity contribution in [1.29, 1.82) is 0 Å². The minimum absolute atomic E-state index is 0.277. The Morgan fingerprint density at radius 3 is 1.93 bits per heavy atom. The number of rotatable bonds is 5. The fraction of sp³-hybridized carbons (Fsp3) is 0.958. The molecule has 4 nitrogen and oxygen atoms in total. The lowest BCUT2D eigenvalue weighted by molar-refractivity contribution is -0.144. The first-order chi connectivity index (χ1) is 13.4. The second kappa shape index (κ2) is 8.63. The van der Waals surface area contributed by atoms with E-state index < -0.39 is 0 Å². The van der Waals surface area contributed by atoms with Crippen LogP contribution in [0.25, 0.3) is 0 Å². The van der Waals surface area contributed by atoms with E-state index in [2.05, 4.69) is 42.4 Å². The second-order valence-electron chi connectivity index (χ2n) is 10.9. The SMILES string of the molecule is CC(C)C1CCC(N2CC(C3CCN(C(=O)C4CN(C(C)C)C4)CC3)C2)CC1. The molecule has 0 bridgehead atoms. The lowest BCUT2D eigenvalue weighted by Crippen LogP contribution is -2.59. The number of amides is 1. The van der Waals surface area contributed by atoms with Crippen molar-refractivity contribution in [3.63, 3.8) is 0 Å². The highest BCUT2D eigenvalue weighted by molar-refractivity contribution is 5.80. The van der Waals surface area contributed by atoms with Gasteiger partial charge in [-0.2, -0.15) is 0 Å². The quantitative estimate of drug-likeness (QED) is 0.717. The van der Waals surface area contributed by atoms with Crippen LogP contribution in [0.5, 0.6) is 0 Å². The Labute approximate surface area is 173 Å². The highest BCUT2D eigenvalue weighted by Crippen LogP contribution is 2.38. The Balaban J connectivity index is 1.14. The minimum atomic E-state index is 0.277. The average molecular weight is 390 g/mol. The zero-order chi connectivity index (χ0) is 19.8. The molecule has 0 unspecified atom stereocenters. The fourth-order valence-corrected chi connectivity index (χ4v) is 6.22. The standard InChI is InChI=1S/C24H43N3O/c1-17(2)19-5-7-23(8-6-19)27-13-21(14-27)20-9-11-25(12-10-20)24(28)22-15-26(16-22)18(3)4/h17-23H,5-16H2,1-4H3. The molecular formula is C24H43N3O. The van der Waals surface area contributed by atoms with Crippen LogP contribution in [0, 0.1) is 29.6 Å². The molecule has 0 aromatic heterocycles. The number of piperidine rings is 1. The molecule has 1 aliphatic carbocycles. The van der Waals surface area contributed by atoms with Crippen LogP contribution in [0.3, 0.4) is 0 Å². The first kappa shape index (κ1) is 20.7. The van der Waals surface area contributed by atoms with E-state index >= 15 is 0 Å². The van der Waals surface area contributed by atoms with Crippen LogP contribution in [0.1, 0.15) is 66.2 Å². The summed E-state index contributed by atoms with van der Waals surface area (Å²) in [6, 6.07) is 1.45. The third-order valence-corrected chi connectivity index (χ3v) is 8.65. The summed E-state index contributed by atoms with van der Waals surface area (Å²) in [4.78, 5) is 20.1. The van der Waals surface area contributed by atoms with Gasteiger partial charge in [-0.1, -0.05) is 13.8 Å². The number of nitrogens with zero attached hydrogens (tertiary/aromatic N) is 3. The van der Waals surface area contributed by atoms with Gasteiger partial charge in [-0.05, 0) is 76.0 Å². The molecule has 4 aliphatic rings. The monoisotopic (exact) mass is 389 g/mol. The summed E-state index contributed by atoms with van der Waals surface area (Å²) in [7, 11) is 0. The van der Waals surface area contributed by atoms with E-state index in [0.717, 1.165) is 55.9 Å². The van der Waals surface area contributed by atoms with Gasteiger partial charge in [0.2, 0.25) is 5.91 Å². The smallest absolute Gasteiger partial charge is 0.228 e. The average Bonchev–Trinajstić information content (AvgIpc) is 2.60. The third-order valence-electron chi connectivity index (χ3n) is 8.65. The zero-order valence-corrected chi connectivity index (χ0v) is 18.8. The number of hydrogen-bond acceptors (Lipinski definition) is 3. The van der Waals surface area contributed by atoms with E-state index in [1.165, 1.54) is 51.6 Å². The van der Waals surface area contributed by atoms with Gasteiger partial charge in [0, 0.05) is 51.4 Å². The summed E-state index contributed by atoms with van der Waals surface area (Å²) in [5.41, 5.74) is 0. The minimum Gasteiger partial charge on any atom is -0.342 e. The summed E-state index contributed by atoms with van der Waals surface area (Å²) in [5.74, 6) is 4.32. The van der Waals surface area contributed by atoms with E-state index in [1.807, 2.05) is 0 Å². The topological polar surface area (TPSA) is 26.8 Å². The van der Waals surface area contributed by atoms with Crippen LogP contribution < -0.4 is 0 Å². The summed E-state index contributed by atoms with van der Waals surface area (Å²) in [6.45, 7) is 15.9. The molecule has 3 saturated heterocycles. The Bertz CT molecular complexity index is 520. The van der Waals surface area contributed by atoms with Crippen molar-refractivity contribution < 1.29 is 4.79 Å². The van der Waals surface area contributed by atoms with Crippen molar-refractivity contribution in [3.8, 4) is 0 Å². The summed E-state index contributed by atoms with van der Waals surface area (Å²) >= 11 is 0. The molecule has 4 fully saturated rings. The van der Waals surface area contributed by atoms with Gasteiger partial charge in [0.25, 0.3) is 0 Å². The van der Waals surface area contributed by atoms with Gasteiger partial charge in [0.15, 0.2) is 0 Å². The maximum Gasteiger partial charge on any atom is 0.228 e. The lowest BCUT2D eigenvalue weighted by Gasteiger charge is -2.51. The van der Waals surface area contributed by atoms with Crippen molar-refractivity contribution in [2.75, 3.05) is 39.3 Å². The van der Waals surface area contributed by atoms with Gasteiger partial charge in [-0.15, -0.1) is 0 Å². The molecule has 1 saturated carbocycles. The zero-order valence-electron chi connectivity index (χ0n) is 18.8. The predicted octanol–water partition coefficient (Wildman–Crippen LogP) is 3.71. The van der Waals surface area contributed by atoms with Crippen LogP contribution in [0.4, 0.5) is 0 Å². The Morgan fingerprint density at radius 1 is 0.786 bits per heavy atom. The highest BCUT2D eigenvalue weighted by Gasteiger charge is 2.41. The number of hydrogen-bond donors (Lipinski definition) is 0. The predicted molar refractivity (Wildman–Crippen MR) is 115 cm³/mol.